The van der Waals surface area contributed by atoms with E-state index in [0.717, 1.165) is 12.5 Å². The molecule has 1 saturated heterocycles. The minimum absolute atomic E-state index is 0.966. The highest BCUT2D eigenvalue weighted by Crippen LogP contribution is 2.18. The molecule has 106 valence electrons. The average Bonchev–Trinajstić information content (AvgIpc) is 2.43. The Morgan fingerprint density at radius 2 is 1.95 bits per heavy atom. The van der Waals surface area contributed by atoms with Crippen molar-refractivity contribution < 1.29 is 0 Å². The largest absolute Gasteiger partial charge is 0.317 e. The van der Waals surface area contributed by atoms with Gasteiger partial charge in [-0.3, -0.25) is 0 Å². The van der Waals surface area contributed by atoms with E-state index in [1.807, 2.05) is 0 Å². The molecule has 1 fully saturated rings. The summed E-state index contributed by atoms with van der Waals surface area (Å²) in [6, 6.07) is 8.72. The van der Waals surface area contributed by atoms with E-state index in [1.165, 1.54) is 56.4 Å². The van der Waals surface area contributed by atoms with E-state index in [9.17, 15) is 0 Å². The van der Waals surface area contributed by atoms with E-state index < -0.39 is 0 Å². The first kappa shape index (κ1) is 14.5. The summed E-state index contributed by atoms with van der Waals surface area (Å²) in [7, 11) is 2.24. The van der Waals surface area contributed by atoms with Crippen LogP contribution in [0.15, 0.2) is 24.3 Å². The standard InChI is InChI=1S/C17H28N2/c1-15-6-3-4-8-17(15)14-19(2)13-5-7-16-9-11-18-12-10-16/h3-4,6,8,16,18H,5,7,9-14H2,1-2H3. The smallest absolute Gasteiger partial charge is 0.0233 e. The third kappa shape index (κ3) is 4.96. The normalized spacial score (nSPS) is 17.0. The first-order chi connectivity index (χ1) is 9.25. The van der Waals surface area contributed by atoms with Crippen molar-refractivity contribution in [3.63, 3.8) is 0 Å². The van der Waals surface area contributed by atoms with Crippen LogP contribution in [0.4, 0.5) is 0 Å². The van der Waals surface area contributed by atoms with Crippen LogP contribution >= 0.6 is 0 Å². The van der Waals surface area contributed by atoms with Crippen molar-refractivity contribution in [3.8, 4) is 0 Å². The second kappa shape index (κ2) is 7.66. The minimum Gasteiger partial charge on any atom is -0.317 e. The van der Waals surface area contributed by atoms with Gasteiger partial charge in [-0.1, -0.05) is 24.3 Å². The fraction of sp³-hybridized carbons (Fsp3) is 0.647. The zero-order chi connectivity index (χ0) is 13.5. The summed E-state index contributed by atoms with van der Waals surface area (Å²) in [5.74, 6) is 0.966. The molecule has 0 radical (unpaired) electrons. The van der Waals surface area contributed by atoms with Gasteiger partial charge in [0.1, 0.15) is 0 Å². The molecule has 1 aromatic carbocycles. The van der Waals surface area contributed by atoms with Gasteiger partial charge < -0.3 is 10.2 Å². The molecule has 0 aromatic heterocycles. The number of aryl methyl sites for hydroxylation is 1. The molecule has 0 aliphatic carbocycles. The van der Waals surface area contributed by atoms with Crippen LogP contribution in [0, 0.1) is 12.8 Å². The zero-order valence-electron chi connectivity index (χ0n) is 12.5. The number of nitrogens with zero attached hydrogens (tertiary/aromatic N) is 1. The summed E-state index contributed by atoms with van der Waals surface area (Å²) >= 11 is 0. The van der Waals surface area contributed by atoms with Crippen LogP contribution < -0.4 is 5.32 Å². The van der Waals surface area contributed by atoms with Gasteiger partial charge in [0.05, 0.1) is 0 Å². The van der Waals surface area contributed by atoms with Crippen LogP contribution in [0.5, 0.6) is 0 Å². The summed E-state index contributed by atoms with van der Waals surface area (Å²) in [5.41, 5.74) is 2.87. The first-order valence-corrected chi connectivity index (χ1v) is 7.69. The fourth-order valence-corrected chi connectivity index (χ4v) is 2.98. The first-order valence-electron chi connectivity index (χ1n) is 7.69. The lowest BCUT2D eigenvalue weighted by Crippen LogP contribution is -2.28. The summed E-state index contributed by atoms with van der Waals surface area (Å²) < 4.78 is 0. The van der Waals surface area contributed by atoms with Gasteiger partial charge in [-0.2, -0.15) is 0 Å². The molecule has 0 bridgehead atoms. The van der Waals surface area contributed by atoms with Gasteiger partial charge >= 0.3 is 0 Å². The van der Waals surface area contributed by atoms with Gasteiger partial charge in [-0.25, -0.2) is 0 Å². The van der Waals surface area contributed by atoms with Crippen LogP contribution in [-0.4, -0.2) is 31.6 Å². The Morgan fingerprint density at radius 1 is 1.21 bits per heavy atom. The summed E-state index contributed by atoms with van der Waals surface area (Å²) in [5, 5.41) is 3.44. The highest BCUT2D eigenvalue weighted by molar-refractivity contribution is 5.25. The molecular weight excluding hydrogens is 232 g/mol. The molecule has 1 heterocycles. The molecule has 0 atom stereocenters. The van der Waals surface area contributed by atoms with Crippen molar-refractivity contribution in [2.75, 3.05) is 26.7 Å². The van der Waals surface area contributed by atoms with Crippen molar-refractivity contribution in [3.05, 3.63) is 35.4 Å². The summed E-state index contributed by atoms with van der Waals surface area (Å²) in [6.07, 6.45) is 5.50. The summed E-state index contributed by atoms with van der Waals surface area (Å²) in [6.45, 7) is 6.96. The molecule has 1 N–H and O–H groups in total. The lowest BCUT2D eigenvalue weighted by atomic mass is 9.93. The number of piperidine rings is 1. The van der Waals surface area contributed by atoms with E-state index in [-0.39, 0.29) is 0 Å². The Bertz CT molecular complexity index is 369. The molecule has 1 aliphatic heterocycles. The maximum atomic E-state index is 3.44. The number of nitrogens with one attached hydrogen (secondary N) is 1. The SMILES string of the molecule is Cc1ccccc1CN(C)CCCC1CCNCC1. The molecule has 0 amide bonds. The molecule has 0 unspecified atom stereocenters. The number of hydrogen-bond donors (Lipinski definition) is 1. The van der Waals surface area contributed by atoms with Gasteiger partial charge in [0.25, 0.3) is 0 Å². The zero-order valence-corrected chi connectivity index (χ0v) is 12.5. The van der Waals surface area contributed by atoms with Crippen LogP contribution in [-0.2, 0) is 6.54 Å². The Kier molecular flexibility index (Phi) is 5.87. The summed E-state index contributed by atoms with van der Waals surface area (Å²) in [4.78, 5) is 2.46. The minimum atomic E-state index is 0.966. The van der Waals surface area contributed by atoms with E-state index in [4.69, 9.17) is 0 Å². The van der Waals surface area contributed by atoms with Gasteiger partial charge in [0, 0.05) is 6.54 Å². The highest BCUT2D eigenvalue weighted by atomic mass is 15.1. The third-order valence-electron chi connectivity index (χ3n) is 4.31. The highest BCUT2D eigenvalue weighted by Gasteiger charge is 2.12. The molecule has 1 aromatic rings. The lowest BCUT2D eigenvalue weighted by molar-refractivity contribution is 0.285. The predicted molar refractivity (Wildman–Crippen MR) is 82.3 cm³/mol. The van der Waals surface area contributed by atoms with Gasteiger partial charge in [-0.15, -0.1) is 0 Å². The maximum Gasteiger partial charge on any atom is 0.0233 e. The van der Waals surface area contributed by atoms with Crippen molar-refractivity contribution in [1.29, 1.82) is 0 Å². The van der Waals surface area contributed by atoms with Crippen molar-refractivity contribution >= 4 is 0 Å². The number of rotatable bonds is 6. The Morgan fingerprint density at radius 3 is 2.68 bits per heavy atom. The average molecular weight is 260 g/mol. The molecule has 0 spiro atoms. The van der Waals surface area contributed by atoms with E-state index in [1.54, 1.807) is 0 Å². The molecule has 2 heteroatoms. The Hall–Kier alpha value is -0.860. The van der Waals surface area contributed by atoms with Gasteiger partial charge in [-0.05, 0) is 76.3 Å². The van der Waals surface area contributed by atoms with Crippen molar-refractivity contribution in [2.24, 2.45) is 5.92 Å². The molecule has 19 heavy (non-hydrogen) atoms. The quantitative estimate of drug-likeness (QED) is 0.845. The Labute approximate surface area is 118 Å². The maximum absolute atomic E-state index is 3.44. The topological polar surface area (TPSA) is 15.3 Å². The predicted octanol–water partition coefficient (Wildman–Crippen LogP) is 3.21. The monoisotopic (exact) mass is 260 g/mol. The van der Waals surface area contributed by atoms with Crippen LogP contribution in [0.25, 0.3) is 0 Å². The molecular formula is C17H28N2. The second-order valence-corrected chi connectivity index (χ2v) is 6.00. The van der Waals surface area contributed by atoms with Crippen LogP contribution in [0.3, 0.4) is 0 Å². The van der Waals surface area contributed by atoms with Crippen molar-refractivity contribution in [2.45, 2.75) is 39.2 Å². The fourth-order valence-electron chi connectivity index (χ4n) is 2.98. The van der Waals surface area contributed by atoms with Gasteiger partial charge in [0.2, 0.25) is 0 Å². The molecule has 2 nitrogen and oxygen atoms in total. The third-order valence-corrected chi connectivity index (χ3v) is 4.31. The molecule has 0 saturated carbocycles. The number of hydrogen-bond acceptors (Lipinski definition) is 2. The van der Waals surface area contributed by atoms with E-state index >= 15 is 0 Å². The van der Waals surface area contributed by atoms with E-state index in [0.29, 0.717) is 0 Å². The van der Waals surface area contributed by atoms with Gasteiger partial charge in [0.15, 0.2) is 0 Å². The van der Waals surface area contributed by atoms with E-state index in [2.05, 4.69) is 48.5 Å². The van der Waals surface area contributed by atoms with Crippen molar-refractivity contribution in [1.82, 2.24) is 10.2 Å². The lowest BCUT2D eigenvalue weighted by Gasteiger charge is -2.24. The van der Waals surface area contributed by atoms with Crippen LogP contribution in [0.1, 0.15) is 36.8 Å². The molecule has 1 aliphatic rings. The molecule has 2 rings (SSSR count). The number of benzene rings is 1. The Balaban J connectivity index is 1.67. The van der Waals surface area contributed by atoms with Crippen LogP contribution in [0.2, 0.25) is 0 Å². The second-order valence-electron chi connectivity index (χ2n) is 6.00.